The molecule has 0 aromatic carbocycles. The Morgan fingerprint density at radius 2 is 1.69 bits per heavy atom. The smallest absolute Gasteiger partial charge is 0.0323 e. The molecule has 16 heavy (non-hydrogen) atoms. The summed E-state index contributed by atoms with van der Waals surface area (Å²) >= 11 is 0. The summed E-state index contributed by atoms with van der Waals surface area (Å²) in [7, 11) is 0. The van der Waals surface area contributed by atoms with Gasteiger partial charge in [-0.05, 0) is 32.6 Å². The molecule has 94 valence electrons. The SMILES string of the molecule is C/C=C(\C)CCCCCCC1CCCCC1. The summed E-state index contributed by atoms with van der Waals surface area (Å²) in [4.78, 5) is 0. The van der Waals surface area contributed by atoms with Crippen LogP contribution >= 0.6 is 0 Å². The highest BCUT2D eigenvalue weighted by atomic mass is 14.2. The maximum atomic E-state index is 2.25. The van der Waals surface area contributed by atoms with Gasteiger partial charge in [-0.2, -0.15) is 0 Å². The van der Waals surface area contributed by atoms with Crippen LogP contribution < -0.4 is 0 Å². The molecule has 0 aromatic rings. The van der Waals surface area contributed by atoms with E-state index in [9.17, 15) is 0 Å². The Morgan fingerprint density at radius 3 is 2.38 bits per heavy atom. The maximum Gasteiger partial charge on any atom is -0.0323 e. The van der Waals surface area contributed by atoms with Gasteiger partial charge in [0.15, 0.2) is 0 Å². The van der Waals surface area contributed by atoms with Crippen LogP contribution in [0.1, 0.15) is 84.5 Å². The molecule has 1 rings (SSSR count). The molecule has 0 bridgehead atoms. The van der Waals surface area contributed by atoms with Crippen molar-refractivity contribution >= 4 is 0 Å². The number of unbranched alkanes of at least 4 members (excludes halogenated alkanes) is 3. The third-order valence-corrected chi connectivity index (χ3v) is 4.15. The van der Waals surface area contributed by atoms with Crippen LogP contribution in [-0.2, 0) is 0 Å². The fourth-order valence-corrected chi connectivity index (χ4v) is 2.81. The zero-order chi connectivity index (χ0) is 11.6. The first-order valence-corrected chi connectivity index (χ1v) is 7.44. The van der Waals surface area contributed by atoms with E-state index in [1.807, 2.05) is 0 Å². The van der Waals surface area contributed by atoms with E-state index in [2.05, 4.69) is 19.9 Å². The van der Waals surface area contributed by atoms with Crippen molar-refractivity contribution < 1.29 is 0 Å². The standard InChI is InChI=1S/C16H30/c1-3-15(2)11-7-4-5-8-12-16-13-9-6-10-14-16/h3,16H,4-14H2,1-2H3/b15-3+. The second-order valence-electron chi connectivity index (χ2n) is 5.59. The van der Waals surface area contributed by atoms with Crippen molar-refractivity contribution in [2.24, 2.45) is 5.92 Å². The van der Waals surface area contributed by atoms with Crippen molar-refractivity contribution in [1.82, 2.24) is 0 Å². The first-order valence-electron chi connectivity index (χ1n) is 7.44. The molecule has 0 amide bonds. The van der Waals surface area contributed by atoms with E-state index in [-0.39, 0.29) is 0 Å². The van der Waals surface area contributed by atoms with Gasteiger partial charge in [0.05, 0.1) is 0 Å². The van der Waals surface area contributed by atoms with E-state index in [4.69, 9.17) is 0 Å². The topological polar surface area (TPSA) is 0 Å². The van der Waals surface area contributed by atoms with Gasteiger partial charge in [-0.1, -0.05) is 69.4 Å². The lowest BCUT2D eigenvalue weighted by Gasteiger charge is -2.21. The second kappa shape index (κ2) is 8.84. The third kappa shape index (κ3) is 6.35. The van der Waals surface area contributed by atoms with Crippen LogP contribution in [0.4, 0.5) is 0 Å². The quantitative estimate of drug-likeness (QED) is 0.373. The van der Waals surface area contributed by atoms with Crippen molar-refractivity contribution in [3.63, 3.8) is 0 Å². The molecule has 0 radical (unpaired) electrons. The maximum absolute atomic E-state index is 2.25. The molecule has 0 aromatic heterocycles. The van der Waals surface area contributed by atoms with Crippen molar-refractivity contribution in [2.45, 2.75) is 84.5 Å². The Hall–Kier alpha value is -0.260. The molecular weight excluding hydrogens is 192 g/mol. The first kappa shape index (κ1) is 13.8. The molecule has 0 N–H and O–H groups in total. The molecule has 0 heteroatoms. The van der Waals surface area contributed by atoms with E-state index in [0.717, 1.165) is 5.92 Å². The molecule has 0 atom stereocenters. The van der Waals surface area contributed by atoms with Gasteiger partial charge in [0.1, 0.15) is 0 Å². The number of hydrogen-bond acceptors (Lipinski definition) is 0. The van der Waals surface area contributed by atoms with E-state index in [0.29, 0.717) is 0 Å². The monoisotopic (exact) mass is 222 g/mol. The van der Waals surface area contributed by atoms with Gasteiger partial charge in [0.25, 0.3) is 0 Å². The van der Waals surface area contributed by atoms with E-state index < -0.39 is 0 Å². The largest absolute Gasteiger partial charge is 0.0887 e. The van der Waals surface area contributed by atoms with E-state index in [1.54, 1.807) is 5.57 Å². The molecule has 0 spiro atoms. The lowest BCUT2D eigenvalue weighted by molar-refractivity contribution is 0.328. The Labute approximate surface area is 103 Å². The highest BCUT2D eigenvalue weighted by molar-refractivity contribution is 4.94. The molecule has 0 nitrogen and oxygen atoms in total. The minimum atomic E-state index is 1.09. The van der Waals surface area contributed by atoms with Crippen LogP contribution in [0, 0.1) is 5.92 Å². The summed E-state index contributed by atoms with van der Waals surface area (Å²) in [5.74, 6) is 1.09. The third-order valence-electron chi connectivity index (χ3n) is 4.15. The molecular formula is C16H30. The number of allylic oxidation sites excluding steroid dienone is 2. The lowest BCUT2D eigenvalue weighted by Crippen LogP contribution is -2.05. The molecule has 1 saturated carbocycles. The molecule has 1 fully saturated rings. The number of hydrogen-bond donors (Lipinski definition) is 0. The van der Waals surface area contributed by atoms with Crippen molar-refractivity contribution in [3.8, 4) is 0 Å². The van der Waals surface area contributed by atoms with Crippen molar-refractivity contribution in [1.29, 1.82) is 0 Å². The fraction of sp³-hybridized carbons (Fsp3) is 0.875. The lowest BCUT2D eigenvalue weighted by atomic mass is 9.85. The highest BCUT2D eigenvalue weighted by Crippen LogP contribution is 2.28. The average molecular weight is 222 g/mol. The Bertz CT molecular complexity index is 184. The molecule has 1 aliphatic rings. The normalized spacial score (nSPS) is 19.0. The zero-order valence-corrected chi connectivity index (χ0v) is 11.4. The van der Waals surface area contributed by atoms with Gasteiger partial charge in [-0.25, -0.2) is 0 Å². The Morgan fingerprint density at radius 1 is 1.00 bits per heavy atom. The van der Waals surface area contributed by atoms with Crippen LogP contribution in [0.25, 0.3) is 0 Å². The first-order chi connectivity index (χ1) is 7.83. The average Bonchev–Trinajstić information content (AvgIpc) is 2.34. The number of rotatable bonds is 7. The summed E-state index contributed by atoms with van der Waals surface area (Å²) in [6.45, 7) is 4.40. The van der Waals surface area contributed by atoms with Gasteiger partial charge in [0, 0.05) is 0 Å². The van der Waals surface area contributed by atoms with Crippen molar-refractivity contribution in [3.05, 3.63) is 11.6 Å². The molecule has 0 unspecified atom stereocenters. The van der Waals surface area contributed by atoms with Gasteiger partial charge in [0.2, 0.25) is 0 Å². The van der Waals surface area contributed by atoms with Crippen LogP contribution in [0.15, 0.2) is 11.6 Å². The summed E-state index contributed by atoms with van der Waals surface area (Å²) in [5, 5.41) is 0. The minimum absolute atomic E-state index is 1.09. The fourth-order valence-electron chi connectivity index (χ4n) is 2.81. The predicted molar refractivity (Wildman–Crippen MR) is 73.7 cm³/mol. The van der Waals surface area contributed by atoms with E-state index >= 15 is 0 Å². The summed E-state index contributed by atoms with van der Waals surface area (Å²) in [6.07, 6.45) is 18.4. The molecule has 0 saturated heterocycles. The Balaban J connectivity index is 1.87. The van der Waals surface area contributed by atoms with E-state index in [1.165, 1.54) is 70.6 Å². The van der Waals surface area contributed by atoms with Gasteiger partial charge in [-0.3, -0.25) is 0 Å². The zero-order valence-electron chi connectivity index (χ0n) is 11.4. The molecule has 0 aliphatic heterocycles. The van der Waals surface area contributed by atoms with Crippen LogP contribution in [0.3, 0.4) is 0 Å². The highest BCUT2D eigenvalue weighted by Gasteiger charge is 2.12. The molecule has 1 aliphatic carbocycles. The summed E-state index contributed by atoms with van der Waals surface area (Å²) in [6, 6.07) is 0. The van der Waals surface area contributed by atoms with Crippen LogP contribution in [0.5, 0.6) is 0 Å². The van der Waals surface area contributed by atoms with Crippen LogP contribution in [-0.4, -0.2) is 0 Å². The summed E-state index contributed by atoms with van der Waals surface area (Å²) in [5.41, 5.74) is 1.56. The van der Waals surface area contributed by atoms with Crippen molar-refractivity contribution in [2.75, 3.05) is 0 Å². The van der Waals surface area contributed by atoms with Gasteiger partial charge < -0.3 is 0 Å². The van der Waals surface area contributed by atoms with Crippen LogP contribution in [0.2, 0.25) is 0 Å². The van der Waals surface area contributed by atoms with Gasteiger partial charge in [-0.15, -0.1) is 0 Å². The predicted octanol–water partition coefficient (Wildman–Crippen LogP) is 5.87. The Kier molecular flexibility index (Phi) is 7.63. The summed E-state index contributed by atoms with van der Waals surface area (Å²) < 4.78 is 0. The minimum Gasteiger partial charge on any atom is -0.0887 e. The second-order valence-corrected chi connectivity index (χ2v) is 5.59. The van der Waals surface area contributed by atoms with Gasteiger partial charge >= 0.3 is 0 Å². The molecule has 0 heterocycles.